The van der Waals surface area contributed by atoms with Crippen molar-refractivity contribution in [3.63, 3.8) is 0 Å². The maximum atomic E-state index is 13.0. The van der Waals surface area contributed by atoms with E-state index in [4.69, 9.17) is 14.2 Å². The van der Waals surface area contributed by atoms with Crippen LogP contribution < -0.4 is 0 Å². The monoisotopic (exact) mass is 1160 g/mol. The molecule has 0 bridgehead atoms. The minimum absolute atomic E-state index is 0.0863. The van der Waals surface area contributed by atoms with Crippen molar-refractivity contribution in [1.29, 1.82) is 0 Å². The smallest absolute Gasteiger partial charge is 0.306 e. The predicted octanol–water partition coefficient (Wildman–Crippen LogP) is 24.8. The summed E-state index contributed by atoms with van der Waals surface area (Å²) in [6, 6.07) is 0. The van der Waals surface area contributed by atoms with Crippen molar-refractivity contribution in [2.24, 2.45) is 0 Å². The third kappa shape index (κ3) is 69.0. The normalized spacial score (nSPS) is 12.7. The van der Waals surface area contributed by atoms with Gasteiger partial charge in [0.05, 0.1) is 0 Å². The van der Waals surface area contributed by atoms with E-state index in [1.165, 1.54) is 205 Å². The van der Waals surface area contributed by atoms with Crippen molar-refractivity contribution in [3.05, 3.63) is 97.2 Å². The fourth-order valence-corrected chi connectivity index (χ4v) is 10.2. The molecule has 0 aromatic rings. The zero-order valence-electron chi connectivity index (χ0n) is 54.9. The first-order chi connectivity index (χ1) is 41.0. The Kier molecular flexibility index (Phi) is 67.7. The summed E-state index contributed by atoms with van der Waals surface area (Å²) < 4.78 is 17.0. The maximum absolute atomic E-state index is 13.0. The van der Waals surface area contributed by atoms with Gasteiger partial charge in [0, 0.05) is 19.3 Å². The Morgan fingerprint density at radius 3 is 0.759 bits per heavy atom. The van der Waals surface area contributed by atoms with E-state index in [1.54, 1.807) is 0 Å². The first-order valence-corrected chi connectivity index (χ1v) is 35.7. The third-order valence-corrected chi connectivity index (χ3v) is 15.6. The average molecular weight is 1160 g/mol. The Labute approximate surface area is 515 Å². The van der Waals surface area contributed by atoms with Crippen LogP contribution in [-0.4, -0.2) is 37.2 Å². The molecule has 0 amide bonds. The molecule has 0 radical (unpaired) electrons. The number of carbonyl (C=O) groups excluding carboxylic acids is 3. The molecule has 0 aliphatic heterocycles. The highest BCUT2D eigenvalue weighted by atomic mass is 16.6. The van der Waals surface area contributed by atoms with Crippen LogP contribution in [0.5, 0.6) is 0 Å². The molecular weight excluding hydrogens is 1020 g/mol. The van der Waals surface area contributed by atoms with Crippen molar-refractivity contribution in [3.8, 4) is 0 Å². The lowest BCUT2D eigenvalue weighted by atomic mass is 10.0. The summed E-state index contributed by atoms with van der Waals surface area (Å²) in [5, 5.41) is 0. The molecule has 0 saturated carbocycles. The van der Waals surface area contributed by atoms with Crippen molar-refractivity contribution < 1.29 is 28.6 Å². The maximum Gasteiger partial charge on any atom is 0.306 e. The summed E-state index contributed by atoms with van der Waals surface area (Å²) in [6.07, 6.45) is 95.7. The molecule has 0 fully saturated rings. The number of allylic oxidation sites excluding steroid dienone is 16. The van der Waals surface area contributed by atoms with Crippen LogP contribution >= 0.6 is 0 Å². The second kappa shape index (κ2) is 70.8. The van der Waals surface area contributed by atoms with Gasteiger partial charge in [-0.25, -0.2) is 0 Å². The fourth-order valence-electron chi connectivity index (χ4n) is 10.2. The van der Waals surface area contributed by atoms with E-state index in [-0.39, 0.29) is 31.1 Å². The van der Waals surface area contributed by atoms with E-state index < -0.39 is 6.10 Å². The Morgan fingerprint density at radius 1 is 0.253 bits per heavy atom. The van der Waals surface area contributed by atoms with Crippen LogP contribution in [-0.2, 0) is 28.6 Å². The van der Waals surface area contributed by atoms with E-state index in [2.05, 4.69) is 118 Å². The van der Waals surface area contributed by atoms with Gasteiger partial charge in [0.2, 0.25) is 0 Å². The Hall–Kier alpha value is -3.67. The SMILES string of the molecule is CC/C=C\C/C=C\C/C=C\C/C=C\C/C=C\C/C=C\C/C=C\CCCCCC(=O)OCC(COC(=O)CCCCCCCCCCC/C=C\CCCCCCCC)OC(=O)CCCCCCCCCCCCCCCCCCCCCCC. The van der Waals surface area contributed by atoms with Crippen LogP contribution in [0.3, 0.4) is 0 Å². The molecule has 6 nitrogen and oxygen atoms in total. The highest BCUT2D eigenvalue weighted by Crippen LogP contribution is 2.18. The molecule has 0 N–H and O–H groups in total. The van der Waals surface area contributed by atoms with Crippen molar-refractivity contribution in [1.82, 2.24) is 0 Å². The van der Waals surface area contributed by atoms with E-state index >= 15 is 0 Å². The molecule has 0 aliphatic carbocycles. The molecule has 83 heavy (non-hydrogen) atoms. The molecular formula is C77H134O6. The lowest BCUT2D eigenvalue weighted by Gasteiger charge is -2.18. The molecule has 6 heteroatoms. The molecule has 0 aromatic carbocycles. The van der Waals surface area contributed by atoms with Crippen LogP contribution in [0.25, 0.3) is 0 Å². The quantitative estimate of drug-likeness (QED) is 0.0261. The average Bonchev–Trinajstić information content (AvgIpc) is 3.50. The number of ether oxygens (including phenoxy) is 3. The summed E-state index contributed by atoms with van der Waals surface area (Å²) in [6.45, 7) is 6.55. The Balaban J connectivity index is 4.43. The van der Waals surface area contributed by atoms with E-state index in [1.807, 2.05) is 0 Å². The number of hydrogen-bond donors (Lipinski definition) is 0. The summed E-state index contributed by atoms with van der Waals surface area (Å²) in [7, 11) is 0. The van der Waals surface area contributed by atoms with Crippen molar-refractivity contribution in [2.45, 2.75) is 361 Å². The largest absolute Gasteiger partial charge is 0.462 e. The minimum Gasteiger partial charge on any atom is -0.462 e. The molecule has 0 rings (SSSR count). The van der Waals surface area contributed by atoms with Gasteiger partial charge in [-0.1, -0.05) is 330 Å². The molecule has 0 heterocycles. The van der Waals surface area contributed by atoms with Gasteiger partial charge in [-0.15, -0.1) is 0 Å². The summed E-state index contributed by atoms with van der Waals surface area (Å²) in [5.74, 6) is -0.903. The van der Waals surface area contributed by atoms with Crippen molar-refractivity contribution >= 4 is 17.9 Å². The summed E-state index contributed by atoms with van der Waals surface area (Å²) in [5.41, 5.74) is 0. The van der Waals surface area contributed by atoms with Gasteiger partial charge in [0.1, 0.15) is 13.2 Å². The van der Waals surface area contributed by atoms with Gasteiger partial charge < -0.3 is 14.2 Å². The summed E-state index contributed by atoms with van der Waals surface area (Å²) >= 11 is 0. The molecule has 1 unspecified atom stereocenters. The van der Waals surface area contributed by atoms with Gasteiger partial charge >= 0.3 is 17.9 Å². The third-order valence-electron chi connectivity index (χ3n) is 15.6. The Morgan fingerprint density at radius 2 is 0.470 bits per heavy atom. The number of unbranched alkanes of at least 4 members (excludes halogenated alkanes) is 38. The number of rotatable bonds is 65. The fraction of sp³-hybridized carbons (Fsp3) is 0.753. The van der Waals surface area contributed by atoms with Crippen LogP contribution in [0.2, 0.25) is 0 Å². The van der Waals surface area contributed by atoms with Crippen LogP contribution in [0.4, 0.5) is 0 Å². The molecule has 0 saturated heterocycles. The van der Waals surface area contributed by atoms with Gasteiger partial charge in [-0.2, -0.15) is 0 Å². The molecule has 0 aromatic heterocycles. The van der Waals surface area contributed by atoms with E-state index in [9.17, 15) is 14.4 Å². The topological polar surface area (TPSA) is 78.9 Å². The van der Waals surface area contributed by atoms with Gasteiger partial charge in [-0.3, -0.25) is 14.4 Å². The summed E-state index contributed by atoms with van der Waals surface area (Å²) in [4.78, 5) is 38.5. The molecule has 0 aliphatic rings. The number of carbonyl (C=O) groups is 3. The molecule has 0 spiro atoms. The lowest BCUT2D eigenvalue weighted by molar-refractivity contribution is -0.167. The zero-order valence-corrected chi connectivity index (χ0v) is 54.9. The second-order valence-corrected chi connectivity index (χ2v) is 23.8. The lowest BCUT2D eigenvalue weighted by Crippen LogP contribution is -2.30. The standard InChI is InChI=1S/C77H134O6/c1-4-7-10-13-16-19-22-25-28-31-34-36-37-38-39-41-43-46-49-52-55-58-61-64-67-70-76(79)82-73-74(72-81-75(78)69-66-63-60-57-54-51-48-45-42-33-30-27-24-21-18-15-12-9-6-3)83-77(80)71-68-65-62-59-56-53-50-47-44-40-35-32-29-26-23-20-17-14-11-8-5-2/h7,10,16,19,25,27-28,30,34,36,38-39,43,46,52,55,74H,4-6,8-9,11-15,17-18,20-24,26,29,31-33,35,37,40-42,44-45,47-51,53-54,56-73H2,1-3H3/b10-7-,19-16-,28-25-,30-27-,36-34-,39-38-,46-43-,55-52-. The number of esters is 3. The number of hydrogen-bond acceptors (Lipinski definition) is 6. The highest BCUT2D eigenvalue weighted by Gasteiger charge is 2.19. The van der Waals surface area contributed by atoms with Gasteiger partial charge in [0.15, 0.2) is 6.10 Å². The van der Waals surface area contributed by atoms with Gasteiger partial charge in [0.25, 0.3) is 0 Å². The van der Waals surface area contributed by atoms with Crippen LogP contribution in [0.1, 0.15) is 355 Å². The van der Waals surface area contributed by atoms with Crippen LogP contribution in [0, 0.1) is 0 Å². The van der Waals surface area contributed by atoms with E-state index in [0.717, 1.165) is 109 Å². The molecule has 478 valence electrons. The van der Waals surface area contributed by atoms with E-state index in [0.29, 0.717) is 19.3 Å². The van der Waals surface area contributed by atoms with Crippen LogP contribution in [0.15, 0.2) is 97.2 Å². The van der Waals surface area contributed by atoms with Gasteiger partial charge in [-0.05, 0) is 103 Å². The van der Waals surface area contributed by atoms with Crippen molar-refractivity contribution in [2.75, 3.05) is 13.2 Å². The molecule has 1 atom stereocenters. The second-order valence-electron chi connectivity index (χ2n) is 23.8. The minimum atomic E-state index is -0.794. The Bertz CT molecular complexity index is 1610. The first kappa shape index (κ1) is 79.3. The highest BCUT2D eigenvalue weighted by molar-refractivity contribution is 5.71. The predicted molar refractivity (Wildman–Crippen MR) is 362 cm³/mol. The first-order valence-electron chi connectivity index (χ1n) is 35.7. The zero-order chi connectivity index (χ0) is 59.9.